The molecule has 3 amide bonds. The summed E-state index contributed by atoms with van der Waals surface area (Å²) in [6, 6.07) is -1.35. The summed E-state index contributed by atoms with van der Waals surface area (Å²) in [5.41, 5.74) is -0.472. The Morgan fingerprint density at radius 1 is 0.726 bits per heavy atom. The summed E-state index contributed by atoms with van der Waals surface area (Å²) >= 11 is 0. The fraction of sp³-hybridized carbons (Fsp3) is 0.844. The van der Waals surface area contributed by atoms with Crippen LogP contribution in [0.4, 0.5) is 0 Å². The van der Waals surface area contributed by atoms with Crippen molar-refractivity contribution in [3.05, 3.63) is 0 Å². The first-order chi connectivity index (χ1) is 29.3. The van der Waals surface area contributed by atoms with Gasteiger partial charge in [-0.25, -0.2) is 4.79 Å². The van der Waals surface area contributed by atoms with Gasteiger partial charge < -0.3 is 51.0 Å². The van der Waals surface area contributed by atoms with E-state index >= 15 is 0 Å². The molecule has 17 heteroatoms. The zero-order chi connectivity index (χ0) is 45.8. The van der Waals surface area contributed by atoms with E-state index in [1.807, 2.05) is 0 Å². The lowest BCUT2D eigenvalue weighted by Gasteiger charge is -2.63. The van der Waals surface area contributed by atoms with Crippen LogP contribution >= 0.6 is 0 Å². The molecule has 17 nitrogen and oxygen atoms in total. The minimum atomic E-state index is -1.35. The fourth-order valence-electron chi connectivity index (χ4n) is 11.7. The van der Waals surface area contributed by atoms with E-state index < -0.39 is 65.5 Å². The van der Waals surface area contributed by atoms with Crippen LogP contribution < -0.4 is 16.0 Å². The molecule has 4 rings (SSSR count). The Morgan fingerprint density at radius 2 is 1.44 bits per heavy atom. The van der Waals surface area contributed by atoms with Crippen molar-refractivity contribution in [1.29, 1.82) is 0 Å². The molecule has 4 saturated carbocycles. The highest BCUT2D eigenvalue weighted by Gasteiger charge is 2.65. The number of carboxylic acids is 2. The van der Waals surface area contributed by atoms with Gasteiger partial charge in [0.2, 0.25) is 17.7 Å². The predicted octanol–water partition coefficient (Wildman–Crippen LogP) is 2.40. The molecule has 0 saturated heterocycles. The number of aliphatic hydroxyl groups is 3. The Balaban J connectivity index is 1.14. The maximum atomic E-state index is 13.1. The molecule has 0 aromatic carbocycles. The smallest absolute Gasteiger partial charge is 0.326 e. The van der Waals surface area contributed by atoms with E-state index in [2.05, 4.69) is 36.7 Å². The number of aliphatic carboxylic acids is 2. The van der Waals surface area contributed by atoms with Crippen LogP contribution in [-0.4, -0.2) is 131 Å². The molecule has 4 aliphatic rings. The second-order valence-electron chi connectivity index (χ2n) is 19.1. The minimum Gasteiger partial charge on any atom is -0.481 e. The number of carbonyl (C=O) groups excluding carboxylic acids is 5. The normalized spacial score (nSPS) is 31.6. The van der Waals surface area contributed by atoms with E-state index in [0.29, 0.717) is 25.7 Å². The van der Waals surface area contributed by atoms with Crippen molar-refractivity contribution in [2.75, 3.05) is 40.0 Å². The summed E-state index contributed by atoms with van der Waals surface area (Å²) in [5, 5.41) is 60.9. The summed E-state index contributed by atoms with van der Waals surface area (Å²) < 4.78 is 10.6. The number of hydrogen-bond donors (Lipinski definition) is 8. The van der Waals surface area contributed by atoms with Crippen LogP contribution in [-0.2, 0) is 43.0 Å². The first kappa shape index (κ1) is 51.1. The highest BCUT2D eigenvalue weighted by Crippen LogP contribution is 2.68. The summed E-state index contributed by atoms with van der Waals surface area (Å²) in [5.74, 6) is -4.84. The van der Waals surface area contributed by atoms with Crippen molar-refractivity contribution < 1.29 is 68.6 Å². The van der Waals surface area contributed by atoms with Gasteiger partial charge in [0.15, 0.2) is 5.78 Å². The maximum Gasteiger partial charge on any atom is 0.326 e. The van der Waals surface area contributed by atoms with Crippen LogP contribution in [0.1, 0.15) is 124 Å². The van der Waals surface area contributed by atoms with Crippen LogP contribution in [0, 0.1) is 52.3 Å². The Hall–Kier alpha value is -3.51. The lowest BCUT2D eigenvalue weighted by molar-refractivity contribution is -0.207. The number of hydrogen-bond acceptors (Lipinski definition) is 12. The molecular formula is C45H73N3O14. The van der Waals surface area contributed by atoms with E-state index in [1.54, 1.807) is 0 Å². The SMILES string of the molecule is CNC(=O)CCC(=O)COCCOCCNC(=O)CC[C@H](CC(=O)CC[C@H](NC(=O)CC[C@@H](C)[C@H]1CC[C@H]2[C@@H]3[C@H](O)C[C@@H]4C[C@H](O)CC[C@]4(C)[C@H]3C[C@H](O)[C@]12C)C(=O)O)C(=O)O. The van der Waals surface area contributed by atoms with Gasteiger partial charge in [0.05, 0.1) is 44.1 Å². The predicted molar refractivity (Wildman–Crippen MR) is 224 cm³/mol. The first-order valence-corrected chi connectivity index (χ1v) is 22.8. The van der Waals surface area contributed by atoms with Crippen LogP contribution in [0.25, 0.3) is 0 Å². The molecule has 0 radical (unpaired) electrons. The third kappa shape index (κ3) is 13.3. The number of ether oxygens (including phenoxy) is 2. The molecule has 0 bridgehead atoms. The Morgan fingerprint density at radius 3 is 2.13 bits per heavy atom. The van der Waals surface area contributed by atoms with E-state index in [-0.39, 0.29) is 137 Å². The molecular weight excluding hydrogens is 807 g/mol. The van der Waals surface area contributed by atoms with Crippen LogP contribution in [0.3, 0.4) is 0 Å². The number of nitrogens with one attached hydrogen (secondary N) is 3. The largest absolute Gasteiger partial charge is 0.481 e. The van der Waals surface area contributed by atoms with E-state index in [4.69, 9.17) is 9.47 Å². The zero-order valence-electron chi connectivity index (χ0n) is 37.1. The van der Waals surface area contributed by atoms with E-state index in [9.17, 15) is 59.1 Å². The first-order valence-electron chi connectivity index (χ1n) is 22.8. The van der Waals surface area contributed by atoms with Gasteiger partial charge in [-0.1, -0.05) is 20.8 Å². The number of Topliss-reactive ketones (excluding diaryl/α,β-unsaturated/α-hetero) is 2. The number of ketones is 2. The summed E-state index contributed by atoms with van der Waals surface area (Å²) in [4.78, 5) is 85.1. The Kier molecular flexibility index (Phi) is 19.3. The highest BCUT2D eigenvalue weighted by molar-refractivity contribution is 5.87. The Bertz CT molecular complexity index is 1580. The molecule has 0 aliphatic heterocycles. The van der Waals surface area contributed by atoms with Crippen LogP contribution in [0.2, 0.25) is 0 Å². The van der Waals surface area contributed by atoms with Gasteiger partial charge in [-0.15, -0.1) is 0 Å². The summed E-state index contributed by atoms with van der Waals surface area (Å²) in [6.07, 6.45) is 3.47. The van der Waals surface area contributed by atoms with Gasteiger partial charge in [0.25, 0.3) is 0 Å². The van der Waals surface area contributed by atoms with Gasteiger partial charge in [-0.2, -0.15) is 0 Å². The molecule has 0 heterocycles. The number of carbonyl (C=O) groups is 7. The summed E-state index contributed by atoms with van der Waals surface area (Å²) in [7, 11) is 1.49. The van der Waals surface area contributed by atoms with E-state index in [1.165, 1.54) is 7.05 Å². The van der Waals surface area contributed by atoms with Crippen molar-refractivity contribution in [1.82, 2.24) is 16.0 Å². The molecule has 4 fully saturated rings. The number of carboxylic acid groups (broad SMARTS) is 2. The maximum absolute atomic E-state index is 13.1. The van der Waals surface area contributed by atoms with Crippen molar-refractivity contribution in [2.45, 2.75) is 148 Å². The topological polar surface area (TPSA) is 275 Å². The molecule has 0 aromatic rings. The monoisotopic (exact) mass is 880 g/mol. The zero-order valence-corrected chi connectivity index (χ0v) is 37.1. The Labute approximate surface area is 365 Å². The van der Waals surface area contributed by atoms with Crippen molar-refractivity contribution in [3.63, 3.8) is 0 Å². The van der Waals surface area contributed by atoms with Gasteiger partial charge in [0.1, 0.15) is 18.4 Å². The molecule has 0 spiro atoms. The minimum absolute atomic E-state index is 0.0331. The molecule has 13 atom stereocenters. The van der Waals surface area contributed by atoms with Crippen molar-refractivity contribution in [3.8, 4) is 0 Å². The van der Waals surface area contributed by atoms with Crippen molar-refractivity contribution >= 4 is 41.2 Å². The van der Waals surface area contributed by atoms with Crippen LogP contribution in [0.5, 0.6) is 0 Å². The molecule has 62 heavy (non-hydrogen) atoms. The van der Waals surface area contributed by atoms with Gasteiger partial charge in [0, 0.05) is 52.1 Å². The average molecular weight is 880 g/mol. The lowest BCUT2D eigenvalue weighted by Crippen LogP contribution is -2.62. The van der Waals surface area contributed by atoms with Gasteiger partial charge in [-0.05, 0) is 111 Å². The molecule has 8 N–H and O–H groups in total. The van der Waals surface area contributed by atoms with Gasteiger partial charge >= 0.3 is 11.9 Å². The number of fused-ring (bicyclic) bond motifs is 5. The number of rotatable bonds is 26. The third-order valence-electron chi connectivity index (χ3n) is 15.3. The van der Waals surface area contributed by atoms with Gasteiger partial charge in [-0.3, -0.25) is 28.8 Å². The van der Waals surface area contributed by atoms with Crippen LogP contribution in [0.15, 0.2) is 0 Å². The van der Waals surface area contributed by atoms with E-state index in [0.717, 1.165) is 25.7 Å². The summed E-state index contributed by atoms with van der Waals surface area (Å²) in [6.45, 7) is 6.97. The fourth-order valence-corrected chi connectivity index (χ4v) is 11.7. The average Bonchev–Trinajstić information content (AvgIpc) is 3.58. The molecule has 0 unspecified atom stereocenters. The third-order valence-corrected chi connectivity index (χ3v) is 15.3. The number of amides is 3. The highest BCUT2D eigenvalue weighted by atomic mass is 16.5. The standard InChI is InChI=1S/C45H73N3O14/c1-26(32-9-10-33-41-34(24-37(53)45(32,33)3)44(2)16-15-30(50)22-28(44)23-36(41)52)5-12-40(56)48-35(43(59)60)11-7-29(49)21-27(42(57)58)6-13-39(55)47-17-18-61-19-20-62-25-31(51)8-14-38(54)46-4/h26-28,30,32-37,41,50,52-53H,5-25H2,1-4H3,(H,46,54)(H,47,55)(H,48,56)(H,57,58)(H,59,60)/t26-,27-,28+,30-,32-,33+,34+,35+,36-,37+,41+,44+,45-/m1/s1. The second-order valence-corrected chi connectivity index (χ2v) is 19.1. The lowest BCUT2D eigenvalue weighted by atomic mass is 9.43. The number of aliphatic hydroxyl groups excluding tert-OH is 3. The molecule has 0 aromatic heterocycles. The van der Waals surface area contributed by atoms with Crippen molar-refractivity contribution in [2.24, 2.45) is 52.3 Å². The quantitative estimate of drug-likeness (QED) is 0.0580. The molecule has 4 aliphatic carbocycles. The molecule has 352 valence electrons. The second kappa shape index (κ2) is 23.4.